The second-order valence-electron chi connectivity index (χ2n) is 6.10. The van der Waals surface area contributed by atoms with Crippen molar-refractivity contribution < 1.29 is 0 Å². The van der Waals surface area contributed by atoms with Crippen LogP contribution in [0.3, 0.4) is 0 Å². The molecule has 1 unspecified atom stereocenters. The fourth-order valence-electron chi connectivity index (χ4n) is 3.22. The van der Waals surface area contributed by atoms with E-state index in [-0.39, 0.29) is 0 Å². The van der Waals surface area contributed by atoms with E-state index < -0.39 is 0 Å². The molecule has 0 aromatic carbocycles. The van der Waals surface area contributed by atoms with Crippen LogP contribution >= 0.6 is 0 Å². The summed E-state index contributed by atoms with van der Waals surface area (Å²) < 4.78 is 0. The van der Waals surface area contributed by atoms with Gasteiger partial charge in [0.05, 0.1) is 0 Å². The van der Waals surface area contributed by atoms with Gasteiger partial charge in [-0.2, -0.15) is 0 Å². The molecule has 0 radical (unpaired) electrons. The van der Waals surface area contributed by atoms with Gasteiger partial charge in [0.1, 0.15) is 12.0 Å². The molecule has 1 aliphatic heterocycles. The summed E-state index contributed by atoms with van der Waals surface area (Å²) in [5.74, 6) is 0.602. The zero-order valence-corrected chi connectivity index (χ0v) is 13.0. The molecule has 0 aliphatic carbocycles. The van der Waals surface area contributed by atoms with E-state index in [9.17, 15) is 0 Å². The molecule has 4 nitrogen and oxygen atoms in total. The number of nitrogens with zero attached hydrogens (tertiary/aromatic N) is 3. The van der Waals surface area contributed by atoms with E-state index in [4.69, 9.17) is 0 Å². The maximum atomic E-state index is 4.29. The molecule has 112 valence electrons. The molecule has 4 heteroatoms. The highest BCUT2D eigenvalue weighted by Gasteiger charge is 2.20. The summed E-state index contributed by atoms with van der Waals surface area (Å²) in [5.41, 5.74) is 3.60. The number of hydrogen-bond acceptors (Lipinski definition) is 3. The maximum absolute atomic E-state index is 4.29. The normalized spacial score (nSPS) is 19.9. The Labute approximate surface area is 126 Å². The van der Waals surface area contributed by atoms with Gasteiger partial charge in [0, 0.05) is 36.4 Å². The molecule has 0 bridgehead atoms. The van der Waals surface area contributed by atoms with Crippen molar-refractivity contribution in [1.82, 2.24) is 19.9 Å². The predicted molar refractivity (Wildman–Crippen MR) is 87.0 cm³/mol. The fraction of sp³-hybridized carbons (Fsp3) is 0.529. The number of unbranched alkanes of at least 4 members (excludes halogenated alkanes) is 2. The average Bonchev–Trinajstić information content (AvgIpc) is 2.91. The van der Waals surface area contributed by atoms with Crippen LogP contribution in [-0.4, -0.2) is 39.5 Å². The minimum Gasteiger partial charge on any atom is -0.345 e. The Kier molecular flexibility index (Phi) is 4.34. The van der Waals surface area contributed by atoms with Gasteiger partial charge in [-0.25, -0.2) is 9.97 Å². The van der Waals surface area contributed by atoms with Crippen LogP contribution in [0.5, 0.6) is 0 Å². The van der Waals surface area contributed by atoms with Crippen molar-refractivity contribution >= 4 is 16.6 Å². The number of aromatic amines is 1. The zero-order chi connectivity index (χ0) is 14.7. The van der Waals surface area contributed by atoms with E-state index in [1.54, 1.807) is 6.33 Å². The van der Waals surface area contributed by atoms with Gasteiger partial charge in [-0.1, -0.05) is 32.8 Å². The molecule has 3 heterocycles. The third-order valence-corrected chi connectivity index (χ3v) is 4.21. The number of rotatable bonds is 5. The number of aromatic nitrogens is 3. The van der Waals surface area contributed by atoms with Crippen LogP contribution < -0.4 is 0 Å². The van der Waals surface area contributed by atoms with Crippen molar-refractivity contribution in [2.24, 2.45) is 5.92 Å². The molecule has 1 N–H and O–H groups in total. The van der Waals surface area contributed by atoms with Gasteiger partial charge < -0.3 is 4.98 Å². The molecule has 0 amide bonds. The number of H-pyrrole nitrogens is 1. The van der Waals surface area contributed by atoms with Gasteiger partial charge >= 0.3 is 0 Å². The minimum atomic E-state index is 0.602. The van der Waals surface area contributed by atoms with Gasteiger partial charge in [0.2, 0.25) is 0 Å². The van der Waals surface area contributed by atoms with Crippen molar-refractivity contribution in [1.29, 1.82) is 0 Å². The van der Waals surface area contributed by atoms with Crippen molar-refractivity contribution in [3.05, 3.63) is 30.4 Å². The first-order valence-electron chi connectivity index (χ1n) is 7.98. The Morgan fingerprint density at radius 1 is 1.38 bits per heavy atom. The summed E-state index contributed by atoms with van der Waals surface area (Å²) in [7, 11) is 0. The Hall–Kier alpha value is -1.68. The van der Waals surface area contributed by atoms with Crippen LogP contribution in [0.25, 0.3) is 16.6 Å². The second-order valence-corrected chi connectivity index (χ2v) is 6.10. The fourth-order valence-corrected chi connectivity index (χ4v) is 3.22. The van der Waals surface area contributed by atoms with E-state index >= 15 is 0 Å². The predicted octanol–water partition coefficient (Wildman–Crippen LogP) is 3.48. The summed E-state index contributed by atoms with van der Waals surface area (Å²) >= 11 is 0. The van der Waals surface area contributed by atoms with E-state index in [1.807, 2.05) is 6.20 Å². The summed E-state index contributed by atoms with van der Waals surface area (Å²) in [5, 5.41) is 1.13. The SMILES string of the molecule is CCCCCN1CC(c2c[nH]c3ncncc23)=CC(C)C1. The van der Waals surface area contributed by atoms with Crippen LogP contribution in [0.4, 0.5) is 0 Å². The Balaban J connectivity index is 1.80. The zero-order valence-electron chi connectivity index (χ0n) is 13.0. The van der Waals surface area contributed by atoms with Gasteiger partial charge in [-0.15, -0.1) is 0 Å². The molecule has 3 rings (SSSR count). The lowest BCUT2D eigenvalue weighted by molar-refractivity contribution is 0.266. The highest BCUT2D eigenvalue weighted by Crippen LogP contribution is 2.28. The summed E-state index contributed by atoms with van der Waals surface area (Å²) in [6, 6.07) is 0. The molecule has 2 aromatic rings. The number of hydrogen-bond donors (Lipinski definition) is 1. The molecule has 21 heavy (non-hydrogen) atoms. The van der Waals surface area contributed by atoms with Crippen LogP contribution in [0.2, 0.25) is 0 Å². The molecular weight excluding hydrogens is 260 g/mol. The Morgan fingerprint density at radius 2 is 2.29 bits per heavy atom. The molecule has 1 aliphatic rings. The Morgan fingerprint density at radius 3 is 3.14 bits per heavy atom. The first-order chi connectivity index (χ1) is 10.3. The lowest BCUT2D eigenvalue weighted by Crippen LogP contribution is -2.34. The minimum absolute atomic E-state index is 0.602. The third-order valence-electron chi connectivity index (χ3n) is 4.21. The van der Waals surface area contributed by atoms with Crippen molar-refractivity contribution in [3.63, 3.8) is 0 Å². The van der Waals surface area contributed by atoms with Crippen LogP contribution in [0.1, 0.15) is 38.7 Å². The molecule has 0 fully saturated rings. The van der Waals surface area contributed by atoms with E-state index in [1.165, 1.54) is 43.5 Å². The standard InChI is InChI=1S/C17H24N4/c1-3-4-5-6-21-10-13(2)7-14(11-21)15-9-19-17-16(15)8-18-12-20-17/h7-9,12-13H,3-6,10-11H2,1-2H3,(H,18,19,20). The smallest absolute Gasteiger partial charge is 0.141 e. The second kappa shape index (κ2) is 6.39. The van der Waals surface area contributed by atoms with Crippen molar-refractivity contribution in [2.45, 2.75) is 33.1 Å². The first kappa shape index (κ1) is 14.3. The number of nitrogens with one attached hydrogen (secondary N) is 1. The largest absolute Gasteiger partial charge is 0.345 e. The highest BCUT2D eigenvalue weighted by molar-refractivity contribution is 5.90. The van der Waals surface area contributed by atoms with Gasteiger partial charge in [-0.05, 0) is 24.5 Å². The molecule has 0 saturated carbocycles. The third kappa shape index (κ3) is 3.16. The highest BCUT2D eigenvalue weighted by atomic mass is 15.1. The summed E-state index contributed by atoms with van der Waals surface area (Å²) in [6.07, 6.45) is 11.9. The van der Waals surface area contributed by atoms with Crippen molar-refractivity contribution in [2.75, 3.05) is 19.6 Å². The van der Waals surface area contributed by atoms with E-state index in [0.29, 0.717) is 5.92 Å². The molecule has 2 aromatic heterocycles. The van der Waals surface area contributed by atoms with Crippen LogP contribution in [-0.2, 0) is 0 Å². The lowest BCUT2D eigenvalue weighted by atomic mass is 9.96. The Bertz CT molecular complexity index is 629. The maximum Gasteiger partial charge on any atom is 0.141 e. The monoisotopic (exact) mass is 284 g/mol. The van der Waals surface area contributed by atoms with Crippen molar-refractivity contribution in [3.8, 4) is 0 Å². The topological polar surface area (TPSA) is 44.8 Å². The van der Waals surface area contributed by atoms with E-state index in [0.717, 1.165) is 17.6 Å². The summed E-state index contributed by atoms with van der Waals surface area (Å²) in [6.45, 7) is 7.98. The van der Waals surface area contributed by atoms with Gasteiger partial charge in [0.15, 0.2) is 0 Å². The van der Waals surface area contributed by atoms with Gasteiger partial charge in [-0.3, -0.25) is 4.90 Å². The van der Waals surface area contributed by atoms with Crippen LogP contribution in [0, 0.1) is 5.92 Å². The first-order valence-corrected chi connectivity index (χ1v) is 7.98. The molecule has 0 saturated heterocycles. The molecular formula is C17H24N4. The molecule has 1 atom stereocenters. The lowest BCUT2D eigenvalue weighted by Gasteiger charge is -2.30. The quantitative estimate of drug-likeness (QED) is 0.855. The summed E-state index contributed by atoms with van der Waals surface area (Å²) in [4.78, 5) is 14.3. The number of fused-ring (bicyclic) bond motifs is 1. The van der Waals surface area contributed by atoms with Crippen LogP contribution in [0.15, 0.2) is 24.8 Å². The molecule has 0 spiro atoms. The average molecular weight is 284 g/mol. The van der Waals surface area contributed by atoms with Gasteiger partial charge in [0.25, 0.3) is 0 Å². The van der Waals surface area contributed by atoms with E-state index in [2.05, 4.69) is 46.0 Å².